The Morgan fingerprint density at radius 2 is 2.00 bits per heavy atom. The summed E-state index contributed by atoms with van der Waals surface area (Å²) >= 11 is 0. The molecule has 0 bridgehead atoms. The van der Waals surface area contributed by atoms with E-state index in [0.29, 0.717) is 25.9 Å². The minimum atomic E-state index is -0.804. The molecule has 0 radical (unpaired) electrons. The van der Waals surface area contributed by atoms with Gasteiger partial charge in [-0.2, -0.15) is 0 Å². The van der Waals surface area contributed by atoms with Crippen LogP contribution in [0.4, 0.5) is 5.69 Å². The first-order valence-electron chi connectivity index (χ1n) is 6.29. The van der Waals surface area contributed by atoms with Crippen LogP contribution in [-0.4, -0.2) is 44.6 Å². The number of nitro groups is 1. The zero-order valence-electron chi connectivity index (χ0n) is 11.1. The summed E-state index contributed by atoms with van der Waals surface area (Å²) in [6.45, 7) is 2.36. The van der Waals surface area contributed by atoms with E-state index in [1.165, 1.54) is 11.0 Å². The zero-order valence-corrected chi connectivity index (χ0v) is 11.1. The van der Waals surface area contributed by atoms with Crippen molar-refractivity contribution in [2.24, 2.45) is 0 Å². The highest BCUT2D eigenvalue weighted by atomic mass is 16.6. The van der Waals surface area contributed by atoms with Gasteiger partial charge in [0, 0.05) is 19.2 Å². The van der Waals surface area contributed by atoms with Gasteiger partial charge >= 0.3 is 0 Å². The second-order valence-corrected chi connectivity index (χ2v) is 5.25. The molecule has 0 aromatic heterocycles. The molecule has 108 valence electrons. The Labute approximate surface area is 115 Å². The largest absolute Gasteiger partial charge is 0.508 e. The Hall–Kier alpha value is -2.15. The Morgan fingerprint density at radius 1 is 1.40 bits per heavy atom. The van der Waals surface area contributed by atoms with E-state index in [9.17, 15) is 25.1 Å². The average molecular weight is 280 g/mol. The van der Waals surface area contributed by atoms with Gasteiger partial charge in [-0.1, -0.05) is 0 Å². The number of phenols is 1. The zero-order chi connectivity index (χ0) is 14.9. The number of phenolic OH excluding ortho intramolecular Hbond substituents is 1. The van der Waals surface area contributed by atoms with Crippen molar-refractivity contribution in [3.05, 3.63) is 33.9 Å². The normalized spacial score (nSPS) is 17.8. The minimum absolute atomic E-state index is 0.128. The number of carbonyl (C=O) groups is 1. The van der Waals surface area contributed by atoms with Crippen molar-refractivity contribution in [3.63, 3.8) is 0 Å². The Morgan fingerprint density at radius 3 is 2.55 bits per heavy atom. The maximum atomic E-state index is 12.3. The average Bonchev–Trinajstić information content (AvgIpc) is 2.37. The van der Waals surface area contributed by atoms with Gasteiger partial charge in [0.2, 0.25) is 0 Å². The lowest BCUT2D eigenvalue weighted by Crippen LogP contribution is -2.45. The van der Waals surface area contributed by atoms with E-state index in [2.05, 4.69) is 0 Å². The van der Waals surface area contributed by atoms with Crippen molar-refractivity contribution in [3.8, 4) is 5.75 Å². The number of hydrogen-bond donors (Lipinski definition) is 2. The van der Waals surface area contributed by atoms with Crippen LogP contribution in [0, 0.1) is 10.1 Å². The SMILES string of the molecule is CC1(O)CCN(C(=O)c2cc(O)ccc2[N+](=O)[O-])CC1. The lowest BCUT2D eigenvalue weighted by atomic mass is 9.93. The lowest BCUT2D eigenvalue weighted by Gasteiger charge is -2.35. The number of amides is 1. The predicted molar refractivity (Wildman–Crippen MR) is 70.5 cm³/mol. The van der Waals surface area contributed by atoms with E-state index < -0.39 is 16.4 Å². The molecule has 1 aromatic rings. The molecule has 1 aliphatic rings. The number of aromatic hydroxyl groups is 1. The molecule has 1 aliphatic heterocycles. The van der Waals surface area contributed by atoms with Gasteiger partial charge in [-0.25, -0.2) is 0 Å². The monoisotopic (exact) mass is 280 g/mol. The summed E-state index contributed by atoms with van der Waals surface area (Å²) in [6, 6.07) is 3.39. The molecule has 7 heteroatoms. The van der Waals surface area contributed by atoms with Crippen LogP contribution in [0.1, 0.15) is 30.1 Å². The Balaban J connectivity index is 2.25. The van der Waals surface area contributed by atoms with Crippen LogP contribution in [0.15, 0.2) is 18.2 Å². The summed E-state index contributed by atoms with van der Waals surface area (Å²) in [7, 11) is 0. The Bertz CT molecular complexity index is 546. The van der Waals surface area contributed by atoms with Gasteiger partial charge in [0.1, 0.15) is 11.3 Å². The molecule has 2 N–H and O–H groups in total. The molecule has 20 heavy (non-hydrogen) atoms. The van der Waals surface area contributed by atoms with Crippen LogP contribution < -0.4 is 0 Å². The van der Waals surface area contributed by atoms with E-state index in [1.54, 1.807) is 6.92 Å². The third-order valence-electron chi connectivity index (χ3n) is 3.54. The summed E-state index contributed by atoms with van der Waals surface area (Å²) in [5, 5.41) is 30.2. The second-order valence-electron chi connectivity index (χ2n) is 5.25. The summed E-state index contributed by atoms with van der Waals surface area (Å²) < 4.78 is 0. The van der Waals surface area contributed by atoms with E-state index in [-0.39, 0.29) is 17.0 Å². The summed E-state index contributed by atoms with van der Waals surface area (Å²) in [6.07, 6.45) is 0.844. The van der Waals surface area contributed by atoms with Gasteiger partial charge < -0.3 is 15.1 Å². The van der Waals surface area contributed by atoms with Gasteiger partial charge in [-0.05, 0) is 31.9 Å². The number of benzene rings is 1. The fraction of sp³-hybridized carbons (Fsp3) is 0.462. The second kappa shape index (κ2) is 5.09. The summed E-state index contributed by atoms with van der Waals surface area (Å²) in [4.78, 5) is 24.1. The Kier molecular flexibility index (Phi) is 3.63. The third-order valence-corrected chi connectivity index (χ3v) is 3.54. The number of piperidine rings is 1. The van der Waals surface area contributed by atoms with Crippen molar-refractivity contribution in [1.29, 1.82) is 0 Å². The van der Waals surface area contributed by atoms with Crippen molar-refractivity contribution in [2.45, 2.75) is 25.4 Å². The number of nitro benzene ring substituents is 1. The van der Waals surface area contributed by atoms with Crippen molar-refractivity contribution in [2.75, 3.05) is 13.1 Å². The van der Waals surface area contributed by atoms with Crippen LogP contribution in [0.25, 0.3) is 0 Å². The first-order chi connectivity index (χ1) is 9.30. The molecule has 1 fully saturated rings. The van der Waals surface area contributed by atoms with Crippen LogP contribution in [0.3, 0.4) is 0 Å². The number of nitrogens with zero attached hydrogens (tertiary/aromatic N) is 2. The molecule has 2 rings (SSSR count). The highest BCUT2D eigenvalue weighted by Gasteiger charge is 2.32. The lowest BCUT2D eigenvalue weighted by molar-refractivity contribution is -0.385. The summed E-state index contributed by atoms with van der Waals surface area (Å²) in [5.41, 5.74) is -1.26. The highest BCUT2D eigenvalue weighted by Crippen LogP contribution is 2.27. The highest BCUT2D eigenvalue weighted by molar-refractivity contribution is 5.98. The number of hydrogen-bond acceptors (Lipinski definition) is 5. The maximum Gasteiger partial charge on any atom is 0.282 e. The third kappa shape index (κ3) is 2.88. The quantitative estimate of drug-likeness (QED) is 0.627. The molecule has 7 nitrogen and oxygen atoms in total. The van der Waals surface area contributed by atoms with E-state index in [4.69, 9.17) is 0 Å². The molecule has 1 saturated heterocycles. The van der Waals surface area contributed by atoms with E-state index in [1.807, 2.05) is 0 Å². The number of aliphatic hydroxyl groups is 1. The van der Waals surface area contributed by atoms with E-state index in [0.717, 1.165) is 12.1 Å². The molecule has 1 amide bonds. The first kappa shape index (κ1) is 14.3. The fourth-order valence-electron chi connectivity index (χ4n) is 2.22. The molecule has 0 unspecified atom stereocenters. The molecule has 1 aromatic carbocycles. The molecule has 0 spiro atoms. The maximum absolute atomic E-state index is 12.3. The van der Waals surface area contributed by atoms with Crippen LogP contribution in [0.5, 0.6) is 5.75 Å². The fourth-order valence-corrected chi connectivity index (χ4v) is 2.22. The number of rotatable bonds is 2. The standard InChI is InChI=1S/C13H16N2O5/c1-13(18)4-6-14(7-5-13)12(17)10-8-9(16)2-3-11(10)15(19)20/h2-3,8,16,18H,4-7H2,1H3. The van der Waals surface area contributed by atoms with E-state index >= 15 is 0 Å². The van der Waals surface area contributed by atoms with Gasteiger partial charge in [0.15, 0.2) is 0 Å². The van der Waals surface area contributed by atoms with Crippen molar-refractivity contribution >= 4 is 11.6 Å². The summed E-state index contributed by atoms with van der Waals surface area (Å²) in [5.74, 6) is -0.689. The molecule has 0 aliphatic carbocycles. The van der Waals surface area contributed by atoms with Crippen LogP contribution in [0.2, 0.25) is 0 Å². The topological polar surface area (TPSA) is 104 Å². The molecular formula is C13H16N2O5. The smallest absolute Gasteiger partial charge is 0.282 e. The van der Waals surface area contributed by atoms with Gasteiger partial charge in [-0.3, -0.25) is 14.9 Å². The predicted octanol–water partition coefficient (Wildman–Crippen LogP) is 1.29. The molecular weight excluding hydrogens is 264 g/mol. The van der Waals surface area contributed by atoms with Gasteiger partial charge in [0.25, 0.3) is 11.6 Å². The van der Waals surface area contributed by atoms with Gasteiger partial charge in [0.05, 0.1) is 10.5 Å². The van der Waals surface area contributed by atoms with Crippen LogP contribution in [-0.2, 0) is 0 Å². The number of carbonyl (C=O) groups excluding carboxylic acids is 1. The van der Waals surface area contributed by atoms with Crippen LogP contribution >= 0.6 is 0 Å². The van der Waals surface area contributed by atoms with Crippen molar-refractivity contribution in [1.82, 2.24) is 4.90 Å². The number of likely N-dealkylation sites (tertiary alicyclic amines) is 1. The van der Waals surface area contributed by atoms with Crippen molar-refractivity contribution < 1.29 is 19.9 Å². The first-order valence-corrected chi connectivity index (χ1v) is 6.29. The molecule has 0 saturated carbocycles. The minimum Gasteiger partial charge on any atom is -0.508 e. The van der Waals surface area contributed by atoms with Gasteiger partial charge in [-0.15, -0.1) is 0 Å². The molecule has 1 heterocycles. The molecule has 0 atom stereocenters.